The van der Waals surface area contributed by atoms with E-state index in [1.165, 1.54) is 11.3 Å². The normalized spacial score (nSPS) is 10.7. The lowest BCUT2D eigenvalue weighted by Gasteiger charge is -2.03. The van der Waals surface area contributed by atoms with Crippen molar-refractivity contribution < 1.29 is 9.21 Å². The molecule has 23 heavy (non-hydrogen) atoms. The molecule has 0 aromatic carbocycles. The van der Waals surface area contributed by atoms with Crippen LogP contribution in [0, 0.1) is 6.92 Å². The lowest BCUT2D eigenvalue weighted by molar-refractivity contribution is 0.0945. The number of thiazole rings is 1. The summed E-state index contributed by atoms with van der Waals surface area (Å²) >= 11 is 1.40. The minimum atomic E-state index is -0.725. The lowest BCUT2D eigenvalue weighted by atomic mass is 10.3. The number of nitrogens with zero attached hydrogens (tertiary/aromatic N) is 1. The number of amides is 1. The Bertz CT molecular complexity index is 924. The molecular weight excluding hydrogens is 320 g/mol. The van der Waals surface area contributed by atoms with Crippen molar-refractivity contribution in [3.63, 3.8) is 0 Å². The fourth-order valence-electron chi connectivity index (χ4n) is 1.94. The van der Waals surface area contributed by atoms with Crippen LogP contribution in [0.15, 0.2) is 38.5 Å². The number of hydrogen-bond donors (Lipinski definition) is 3. The fraction of sp³-hybridized carbons (Fsp3) is 0.143. The summed E-state index contributed by atoms with van der Waals surface area (Å²) in [6.45, 7) is 2.07. The average Bonchev–Trinajstić information content (AvgIpc) is 3.13. The number of hydrogen-bond acceptors (Lipinski definition) is 6. The maximum Gasteiger partial charge on any atom is 0.326 e. The van der Waals surface area contributed by atoms with Gasteiger partial charge >= 0.3 is 5.69 Å². The highest BCUT2D eigenvalue weighted by molar-refractivity contribution is 7.15. The maximum absolute atomic E-state index is 12.0. The van der Waals surface area contributed by atoms with Crippen molar-refractivity contribution >= 4 is 17.2 Å². The van der Waals surface area contributed by atoms with Crippen molar-refractivity contribution in [2.45, 2.75) is 13.5 Å². The third-order valence-corrected chi connectivity index (χ3v) is 4.21. The summed E-state index contributed by atoms with van der Waals surface area (Å²) in [5, 5.41) is 3.37. The van der Waals surface area contributed by atoms with Crippen LogP contribution in [0.5, 0.6) is 0 Å². The van der Waals surface area contributed by atoms with Crippen LogP contribution < -0.4 is 16.6 Å². The van der Waals surface area contributed by atoms with Crippen molar-refractivity contribution in [2.75, 3.05) is 0 Å². The first-order chi connectivity index (χ1) is 11.0. The van der Waals surface area contributed by atoms with Gasteiger partial charge in [-0.15, -0.1) is 11.3 Å². The minimum absolute atomic E-state index is 0.0906. The molecule has 0 bridgehead atoms. The highest BCUT2D eigenvalue weighted by Crippen LogP contribution is 2.28. The second-order valence-corrected chi connectivity index (χ2v) is 5.77. The minimum Gasteiger partial charge on any atom is -0.462 e. The molecule has 0 unspecified atom stereocenters. The molecule has 1 amide bonds. The standard InChI is InChI=1S/C14H12N4O4S/c1-7-10(23-13(16-7)9-3-2-4-22-9)6-15-12(20)8-5-11(19)18-14(21)17-8/h2-5H,6H2,1H3,(H,15,20)(H2,17,18,19,21). The Morgan fingerprint density at radius 2 is 2.22 bits per heavy atom. The molecule has 3 N–H and O–H groups in total. The Kier molecular flexibility index (Phi) is 3.94. The van der Waals surface area contributed by atoms with E-state index in [2.05, 4.69) is 15.3 Å². The SMILES string of the molecule is Cc1nc(-c2ccco2)sc1CNC(=O)c1cc(=O)[nH]c(=O)[nH]1. The van der Waals surface area contributed by atoms with Crippen LogP contribution in [0.3, 0.4) is 0 Å². The van der Waals surface area contributed by atoms with Gasteiger partial charge in [0.1, 0.15) is 5.69 Å². The van der Waals surface area contributed by atoms with Gasteiger partial charge in [0.15, 0.2) is 10.8 Å². The van der Waals surface area contributed by atoms with E-state index in [0.29, 0.717) is 5.76 Å². The molecule has 9 heteroatoms. The van der Waals surface area contributed by atoms with Gasteiger partial charge in [-0.25, -0.2) is 9.78 Å². The summed E-state index contributed by atoms with van der Waals surface area (Å²) in [6, 6.07) is 4.61. The predicted octanol–water partition coefficient (Wildman–Crippen LogP) is 1.02. The first-order valence-corrected chi connectivity index (χ1v) is 7.46. The number of aromatic amines is 2. The quantitative estimate of drug-likeness (QED) is 0.658. The highest BCUT2D eigenvalue weighted by atomic mass is 32.1. The van der Waals surface area contributed by atoms with E-state index in [1.54, 1.807) is 12.3 Å². The molecule has 3 aromatic rings. The molecule has 0 spiro atoms. The first-order valence-electron chi connectivity index (χ1n) is 6.65. The summed E-state index contributed by atoms with van der Waals surface area (Å²) in [4.78, 5) is 43.9. The van der Waals surface area contributed by atoms with Crippen LogP contribution in [-0.2, 0) is 6.54 Å². The Morgan fingerprint density at radius 3 is 2.91 bits per heavy atom. The summed E-state index contributed by atoms with van der Waals surface area (Å²) in [6.07, 6.45) is 1.57. The third-order valence-electron chi connectivity index (χ3n) is 3.04. The molecule has 0 saturated heterocycles. The van der Waals surface area contributed by atoms with Gasteiger partial charge in [0.2, 0.25) is 0 Å². The molecule has 3 rings (SSSR count). The van der Waals surface area contributed by atoms with E-state index in [1.807, 2.05) is 18.0 Å². The molecular formula is C14H12N4O4S. The molecule has 0 aliphatic heterocycles. The largest absolute Gasteiger partial charge is 0.462 e. The second-order valence-electron chi connectivity index (χ2n) is 4.69. The fourth-order valence-corrected chi connectivity index (χ4v) is 2.91. The summed E-state index contributed by atoms with van der Waals surface area (Å²) in [5.41, 5.74) is -0.669. The summed E-state index contributed by atoms with van der Waals surface area (Å²) in [7, 11) is 0. The predicted molar refractivity (Wildman–Crippen MR) is 83.4 cm³/mol. The van der Waals surface area contributed by atoms with Gasteiger partial charge in [-0.05, 0) is 19.1 Å². The van der Waals surface area contributed by atoms with Gasteiger partial charge < -0.3 is 14.7 Å². The van der Waals surface area contributed by atoms with Gasteiger partial charge in [0.05, 0.1) is 18.5 Å². The third kappa shape index (κ3) is 3.29. The highest BCUT2D eigenvalue weighted by Gasteiger charge is 2.13. The number of nitrogens with one attached hydrogen (secondary N) is 3. The van der Waals surface area contributed by atoms with Crippen molar-refractivity contribution in [1.82, 2.24) is 20.3 Å². The molecule has 3 aromatic heterocycles. The zero-order valence-corrected chi connectivity index (χ0v) is 12.8. The van der Waals surface area contributed by atoms with E-state index in [4.69, 9.17) is 4.42 Å². The topological polar surface area (TPSA) is 121 Å². The molecule has 118 valence electrons. The van der Waals surface area contributed by atoms with Gasteiger partial charge in [0.25, 0.3) is 11.5 Å². The van der Waals surface area contributed by atoms with Crippen molar-refractivity contribution in [3.8, 4) is 10.8 Å². The van der Waals surface area contributed by atoms with E-state index in [-0.39, 0.29) is 12.2 Å². The van der Waals surface area contributed by atoms with Gasteiger partial charge in [-0.2, -0.15) is 0 Å². The average molecular weight is 332 g/mol. The number of H-pyrrole nitrogens is 2. The lowest BCUT2D eigenvalue weighted by Crippen LogP contribution is -2.30. The number of carbonyl (C=O) groups excluding carboxylic acids is 1. The van der Waals surface area contributed by atoms with Gasteiger partial charge in [-0.1, -0.05) is 0 Å². The van der Waals surface area contributed by atoms with E-state index in [0.717, 1.165) is 21.6 Å². The molecule has 0 aliphatic rings. The molecule has 0 atom stereocenters. The molecule has 0 saturated carbocycles. The van der Waals surface area contributed by atoms with Crippen LogP contribution >= 0.6 is 11.3 Å². The molecule has 8 nitrogen and oxygen atoms in total. The Hall–Kier alpha value is -2.94. The number of aryl methyl sites for hydroxylation is 1. The van der Waals surface area contributed by atoms with Crippen LogP contribution in [-0.4, -0.2) is 20.9 Å². The number of carbonyl (C=O) groups is 1. The Labute approximate surface area is 133 Å². The summed E-state index contributed by atoms with van der Waals surface area (Å²) < 4.78 is 5.29. The van der Waals surface area contributed by atoms with Gasteiger partial charge in [0, 0.05) is 10.9 Å². The van der Waals surface area contributed by atoms with Crippen LogP contribution in [0.4, 0.5) is 0 Å². The van der Waals surface area contributed by atoms with E-state index < -0.39 is 17.2 Å². The van der Waals surface area contributed by atoms with E-state index >= 15 is 0 Å². The molecule has 0 radical (unpaired) electrons. The van der Waals surface area contributed by atoms with Crippen molar-refractivity contribution in [1.29, 1.82) is 0 Å². The van der Waals surface area contributed by atoms with Crippen molar-refractivity contribution in [3.05, 3.63) is 61.6 Å². The maximum atomic E-state index is 12.0. The van der Waals surface area contributed by atoms with Crippen LogP contribution in [0.25, 0.3) is 10.8 Å². The number of aromatic nitrogens is 3. The van der Waals surface area contributed by atoms with Crippen molar-refractivity contribution in [2.24, 2.45) is 0 Å². The van der Waals surface area contributed by atoms with E-state index in [9.17, 15) is 14.4 Å². The molecule has 0 aliphatic carbocycles. The monoisotopic (exact) mass is 332 g/mol. The Morgan fingerprint density at radius 1 is 1.39 bits per heavy atom. The van der Waals surface area contributed by atoms with Crippen LogP contribution in [0.2, 0.25) is 0 Å². The van der Waals surface area contributed by atoms with Crippen LogP contribution in [0.1, 0.15) is 21.1 Å². The van der Waals surface area contributed by atoms with Gasteiger partial charge in [-0.3, -0.25) is 14.6 Å². The zero-order chi connectivity index (χ0) is 16.4. The number of furan rings is 1. The summed E-state index contributed by atoms with van der Waals surface area (Å²) in [5.74, 6) is 0.121. The molecule has 0 fully saturated rings. The first kappa shape index (κ1) is 15.0. The second kappa shape index (κ2) is 6.05. The molecule has 3 heterocycles. The Balaban J connectivity index is 1.74. The zero-order valence-electron chi connectivity index (χ0n) is 12.0. The smallest absolute Gasteiger partial charge is 0.326 e. The number of rotatable bonds is 4.